The Bertz CT molecular complexity index is 2090. The van der Waals surface area contributed by atoms with Crippen LogP contribution in [0.3, 0.4) is 0 Å². The number of anilines is 2. The van der Waals surface area contributed by atoms with Gasteiger partial charge in [-0.25, -0.2) is 9.48 Å². The van der Waals surface area contributed by atoms with Gasteiger partial charge >= 0.3 is 6.03 Å². The van der Waals surface area contributed by atoms with Crippen molar-refractivity contribution in [3.05, 3.63) is 89.7 Å². The molecule has 0 bridgehead atoms. The Morgan fingerprint density at radius 2 is 1.79 bits per heavy atom. The number of aromatic nitrogens is 5. The number of benzene rings is 2. The molecule has 0 spiro atoms. The van der Waals surface area contributed by atoms with Crippen LogP contribution in [0.5, 0.6) is 11.5 Å². The molecule has 3 aromatic heterocycles. The second kappa shape index (κ2) is 17.9. The number of nitrogens with one attached hydrogen (secondary N) is 2. The maximum atomic E-state index is 13.7. The number of carboxylic acid groups (broad SMARTS) is 1. The van der Waals surface area contributed by atoms with Gasteiger partial charge in [0.1, 0.15) is 30.0 Å². The second-order valence-electron chi connectivity index (χ2n) is 15.5. The molecule has 1 aliphatic heterocycles. The summed E-state index contributed by atoms with van der Waals surface area (Å²) >= 11 is 0. The number of piperidine rings is 1. The molecule has 0 unspecified atom stereocenters. The van der Waals surface area contributed by atoms with Crippen molar-refractivity contribution < 1.29 is 24.2 Å². The van der Waals surface area contributed by atoms with Crippen LogP contribution in [-0.4, -0.2) is 86.2 Å². The molecule has 3 N–H and O–H groups in total. The lowest BCUT2D eigenvalue weighted by molar-refractivity contribution is -0.122. The van der Waals surface area contributed by atoms with Gasteiger partial charge in [0.2, 0.25) is 5.95 Å². The van der Waals surface area contributed by atoms with Gasteiger partial charge in [0.25, 0.3) is 6.47 Å². The highest BCUT2D eigenvalue weighted by Gasteiger charge is 2.31. The zero-order chi connectivity index (χ0) is 39.8. The predicted octanol–water partition coefficient (Wildman–Crippen LogP) is 7.40. The number of hydrogen-bond acceptors (Lipinski definition) is 9. The van der Waals surface area contributed by atoms with Crippen molar-refractivity contribution in [3.63, 3.8) is 0 Å². The normalized spacial score (nSPS) is 18.1. The van der Waals surface area contributed by atoms with E-state index in [1.807, 2.05) is 65.2 Å². The minimum Gasteiger partial charge on any atom is -0.492 e. The van der Waals surface area contributed by atoms with Crippen molar-refractivity contribution in [2.75, 3.05) is 43.5 Å². The molecule has 2 amide bonds. The molecule has 5 aromatic rings. The first-order valence-corrected chi connectivity index (χ1v) is 19.5. The quantitative estimate of drug-likeness (QED) is 0.116. The van der Waals surface area contributed by atoms with Gasteiger partial charge in [-0.3, -0.25) is 14.5 Å². The number of carbonyl (C=O) groups excluding carboxylic acids is 1. The van der Waals surface area contributed by atoms with Gasteiger partial charge in [-0.15, -0.1) is 10.2 Å². The molecular formula is C42H55N9O5. The number of ether oxygens (including phenoxy) is 2. The Morgan fingerprint density at radius 1 is 1.00 bits per heavy atom. The third-order valence-electron chi connectivity index (χ3n) is 10.5. The number of carbonyl (C=O) groups is 2. The molecule has 298 valence electrons. The summed E-state index contributed by atoms with van der Waals surface area (Å²) in [6.07, 6.45) is 6.86. The van der Waals surface area contributed by atoms with E-state index in [0.29, 0.717) is 18.5 Å². The third-order valence-corrected chi connectivity index (χ3v) is 10.5. The molecule has 0 saturated carbocycles. The van der Waals surface area contributed by atoms with Crippen molar-refractivity contribution in [3.8, 4) is 17.2 Å². The first-order valence-electron chi connectivity index (χ1n) is 19.5. The zero-order valence-corrected chi connectivity index (χ0v) is 33.3. The molecule has 0 radical (unpaired) electrons. The lowest BCUT2D eigenvalue weighted by Crippen LogP contribution is -2.38. The number of nitrogens with zero attached hydrogens (tertiary/aromatic N) is 7. The van der Waals surface area contributed by atoms with Gasteiger partial charge < -0.3 is 29.7 Å². The number of rotatable bonds is 11. The summed E-state index contributed by atoms with van der Waals surface area (Å²) in [5.74, 6) is 2.97. The molecule has 4 heterocycles. The minimum absolute atomic E-state index is 0.161. The number of hydrogen-bond donors (Lipinski definition) is 3. The molecule has 1 fully saturated rings. The Kier molecular flexibility index (Phi) is 12.8. The van der Waals surface area contributed by atoms with Gasteiger partial charge in [-0.05, 0) is 88.0 Å². The summed E-state index contributed by atoms with van der Waals surface area (Å²) in [6, 6.07) is 21.9. The van der Waals surface area contributed by atoms with E-state index < -0.39 is 0 Å². The van der Waals surface area contributed by atoms with Gasteiger partial charge in [0.15, 0.2) is 5.65 Å². The highest BCUT2D eigenvalue weighted by Crippen LogP contribution is 2.39. The third kappa shape index (κ3) is 9.41. The number of pyridine rings is 1. The average molecular weight is 766 g/mol. The SMILES string of the molecule is CCN(C)CCOc1cccc(-n2nc(C(C)(C)C)cc2NC(=O)N[C@H]2CC[C@@H](Oc3ccc4nnc(N5CCCC[C@@H]5C)n4c3)c3ccccc32)c1.O=CO. The fraction of sp³-hybridized carbons (Fsp3) is 0.452. The van der Waals surface area contributed by atoms with E-state index in [2.05, 4.69) is 84.4 Å². The molecule has 56 heavy (non-hydrogen) atoms. The Hall–Kier alpha value is -5.63. The van der Waals surface area contributed by atoms with Crippen LogP contribution in [-0.2, 0) is 10.2 Å². The average Bonchev–Trinajstić information content (AvgIpc) is 3.81. The fourth-order valence-electron chi connectivity index (χ4n) is 7.23. The number of amides is 2. The highest BCUT2D eigenvalue weighted by molar-refractivity contribution is 5.89. The van der Waals surface area contributed by atoms with Crippen LogP contribution in [0.15, 0.2) is 72.9 Å². The monoisotopic (exact) mass is 765 g/mol. The Morgan fingerprint density at radius 3 is 2.54 bits per heavy atom. The van der Waals surface area contributed by atoms with Crippen LogP contribution < -0.4 is 25.0 Å². The number of fused-ring (bicyclic) bond motifs is 2. The fourth-order valence-corrected chi connectivity index (χ4v) is 7.23. The van der Waals surface area contributed by atoms with E-state index in [0.717, 1.165) is 90.9 Å². The molecule has 7 rings (SSSR count). The summed E-state index contributed by atoms with van der Waals surface area (Å²) in [6.45, 7) is 13.8. The van der Waals surface area contributed by atoms with Crippen LogP contribution >= 0.6 is 0 Å². The molecule has 3 atom stereocenters. The standard InChI is InChI=1S/C41H53N9O3.CH2O2/c1-7-47(6)23-24-52-30-15-12-14-29(25-30)50-38(26-36(46-50)41(3,4)5)43-39(51)42-34-19-20-35(33-17-9-8-16-32(33)34)53-31-18-21-37-44-45-40(49(37)27-31)48-22-11-10-13-28(48)2;2-1-3/h8-9,12,14-18,21,25-28,34-35H,7,10-11,13,19-20,22-24H2,1-6H3,(H2,42,43,51);1H,(H,2,3)/t28-,34-,35+;/m0./s1. The molecule has 2 aliphatic rings. The van der Waals surface area contributed by atoms with Crippen LogP contribution in [0.25, 0.3) is 11.3 Å². The lowest BCUT2D eigenvalue weighted by atomic mass is 9.85. The first kappa shape index (κ1) is 40.0. The van der Waals surface area contributed by atoms with E-state index in [4.69, 9.17) is 24.5 Å². The van der Waals surface area contributed by atoms with Crippen LogP contribution in [0, 0.1) is 0 Å². The summed E-state index contributed by atoms with van der Waals surface area (Å²) < 4.78 is 16.6. The van der Waals surface area contributed by atoms with Gasteiger partial charge in [0.05, 0.1) is 23.6 Å². The summed E-state index contributed by atoms with van der Waals surface area (Å²) in [5, 5.41) is 27.2. The molecular weight excluding hydrogens is 711 g/mol. The van der Waals surface area contributed by atoms with E-state index in [9.17, 15) is 4.79 Å². The zero-order valence-electron chi connectivity index (χ0n) is 33.3. The van der Waals surface area contributed by atoms with Crippen LogP contribution in [0.2, 0.25) is 0 Å². The Balaban J connectivity index is 0.00000172. The predicted molar refractivity (Wildman–Crippen MR) is 217 cm³/mol. The molecule has 2 aromatic carbocycles. The van der Waals surface area contributed by atoms with Gasteiger partial charge in [-0.2, -0.15) is 5.10 Å². The molecule has 1 saturated heterocycles. The van der Waals surface area contributed by atoms with Crippen molar-refractivity contribution in [1.82, 2.24) is 34.6 Å². The smallest absolute Gasteiger partial charge is 0.320 e. The summed E-state index contributed by atoms with van der Waals surface area (Å²) in [4.78, 5) is 26.7. The molecule has 14 heteroatoms. The summed E-state index contributed by atoms with van der Waals surface area (Å²) in [7, 11) is 2.07. The maximum absolute atomic E-state index is 13.7. The van der Waals surface area contributed by atoms with Gasteiger partial charge in [-0.1, -0.05) is 58.0 Å². The molecule has 1 aliphatic carbocycles. The van der Waals surface area contributed by atoms with E-state index >= 15 is 0 Å². The van der Waals surface area contributed by atoms with Crippen molar-refractivity contribution in [2.24, 2.45) is 0 Å². The van der Waals surface area contributed by atoms with E-state index in [1.54, 1.807) is 4.68 Å². The number of likely N-dealkylation sites (N-methyl/N-ethyl adjacent to an activating group) is 1. The summed E-state index contributed by atoms with van der Waals surface area (Å²) in [5.41, 5.74) is 4.38. The van der Waals surface area contributed by atoms with Gasteiger partial charge in [0, 0.05) is 36.7 Å². The Labute approximate surface area is 328 Å². The van der Waals surface area contributed by atoms with E-state index in [-0.39, 0.29) is 30.1 Å². The second-order valence-corrected chi connectivity index (χ2v) is 15.5. The van der Waals surface area contributed by atoms with E-state index in [1.165, 1.54) is 6.42 Å². The first-order chi connectivity index (χ1) is 27.0. The minimum atomic E-state index is -0.293. The topological polar surface area (TPSA) is 151 Å². The number of urea groups is 1. The largest absolute Gasteiger partial charge is 0.492 e. The lowest BCUT2D eigenvalue weighted by Gasteiger charge is -2.33. The van der Waals surface area contributed by atoms with Crippen LogP contribution in [0.1, 0.15) is 95.7 Å². The molecule has 14 nitrogen and oxygen atoms in total. The maximum Gasteiger partial charge on any atom is 0.320 e. The van der Waals surface area contributed by atoms with Crippen molar-refractivity contribution >= 4 is 29.9 Å². The highest BCUT2D eigenvalue weighted by atomic mass is 16.5. The van der Waals surface area contributed by atoms with Crippen LogP contribution in [0.4, 0.5) is 16.6 Å². The van der Waals surface area contributed by atoms with Crippen molar-refractivity contribution in [1.29, 1.82) is 0 Å². The van der Waals surface area contributed by atoms with Crippen molar-refractivity contribution in [2.45, 2.75) is 90.3 Å².